The molecule has 2 heterocycles. The summed E-state index contributed by atoms with van der Waals surface area (Å²) in [6.45, 7) is 3.91. The second-order valence-electron chi connectivity index (χ2n) is 3.94. The fraction of sp³-hybridized carbons (Fsp3) is 0.273. The fourth-order valence-corrected chi connectivity index (χ4v) is 2.57. The van der Waals surface area contributed by atoms with Crippen LogP contribution in [0.4, 0.5) is 11.5 Å². The molecular formula is C11H11ClN4O2S. The van der Waals surface area contributed by atoms with E-state index >= 15 is 0 Å². The Bertz CT molecular complexity index is 616. The molecule has 0 saturated heterocycles. The molecule has 0 bridgehead atoms. The van der Waals surface area contributed by atoms with Gasteiger partial charge in [-0.1, -0.05) is 0 Å². The van der Waals surface area contributed by atoms with Crippen molar-refractivity contribution in [2.24, 2.45) is 0 Å². The smallest absolute Gasteiger partial charge is 0.329 e. The monoisotopic (exact) mass is 298 g/mol. The number of nitrogens with zero attached hydrogens (tertiary/aromatic N) is 3. The van der Waals surface area contributed by atoms with Crippen LogP contribution in [0.2, 0.25) is 5.28 Å². The fourth-order valence-electron chi connectivity index (χ4n) is 1.56. The highest BCUT2D eigenvalue weighted by Gasteiger charge is 2.19. The summed E-state index contributed by atoms with van der Waals surface area (Å²) < 4.78 is 0. The first kappa shape index (κ1) is 13.7. The van der Waals surface area contributed by atoms with Crippen molar-refractivity contribution in [1.82, 2.24) is 9.97 Å². The zero-order chi connectivity index (χ0) is 14.0. The highest BCUT2D eigenvalue weighted by molar-refractivity contribution is 7.12. The maximum atomic E-state index is 10.9. The molecule has 0 saturated carbocycles. The summed E-state index contributed by atoms with van der Waals surface area (Å²) in [6, 6.07) is 3.88. The molecule has 0 amide bonds. The van der Waals surface area contributed by atoms with Crippen molar-refractivity contribution in [2.75, 3.05) is 5.32 Å². The number of aryl methyl sites for hydroxylation is 1. The van der Waals surface area contributed by atoms with Gasteiger partial charge < -0.3 is 5.32 Å². The lowest BCUT2D eigenvalue weighted by molar-refractivity contribution is -0.384. The van der Waals surface area contributed by atoms with Crippen LogP contribution in [0.1, 0.15) is 22.7 Å². The summed E-state index contributed by atoms with van der Waals surface area (Å²) in [4.78, 5) is 20.1. The summed E-state index contributed by atoms with van der Waals surface area (Å²) in [6.07, 6.45) is 1.10. The number of halogens is 1. The maximum Gasteiger partial charge on any atom is 0.329 e. The Morgan fingerprint density at radius 2 is 2.26 bits per heavy atom. The Morgan fingerprint density at radius 3 is 2.84 bits per heavy atom. The number of nitrogens with one attached hydrogen (secondary N) is 1. The van der Waals surface area contributed by atoms with Crippen LogP contribution >= 0.6 is 22.9 Å². The van der Waals surface area contributed by atoms with E-state index in [1.54, 1.807) is 11.3 Å². The highest BCUT2D eigenvalue weighted by Crippen LogP contribution is 2.29. The molecule has 0 aliphatic heterocycles. The molecule has 0 fully saturated rings. The molecule has 0 spiro atoms. The third kappa shape index (κ3) is 3.18. The second-order valence-corrected chi connectivity index (χ2v) is 5.60. The molecule has 100 valence electrons. The van der Waals surface area contributed by atoms with E-state index in [0.29, 0.717) is 0 Å². The van der Waals surface area contributed by atoms with Gasteiger partial charge in [0.1, 0.15) is 6.20 Å². The van der Waals surface area contributed by atoms with Crippen molar-refractivity contribution in [3.05, 3.63) is 43.5 Å². The van der Waals surface area contributed by atoms with E-state index in [1.807, 2.05) is 26.0 Å². The van der Waals surface area contributed by atoms with Gasteiger partial charge in [0.05, 0.1) is 11.0 Å². The average Bonchev–Trinajstić information content (AvgIpc) is 2.75. The summed E-state index contributed by atoms with van der Waals surface area (Å²) in [5, 5.41) is 13.9. The lowest BCUT2D eigenvalue weighted by Crippen LogP contribution is -2.09. The van der Waals surface area contributed by atoms with Gasteiger partial charge in [-0.3, -0.25) is 10.1 Å². The van der Waals surface area contributed by atoms with Crippen LogP contribution in [0.3, 0.4) is 0 Å². The van der Waals surface area contributed by atoms with E-state index in [-0.39, 0.29) is 22.8 Å². The Balaban J connectivity index is 2.27. The molecule has 0 aliphatic carbocycles. The minimum Gasteiger partial charge on any atom is -0.357 e. The quantitative estimate of drug-likeness (QED) is 0.530. The highest BCUT2D eigenvalue weighted by atomic mass is 35.5. The second kappa shape index (κ2) is 5.50. The van der Waals surface area contributed by atoms with Gasteiger partial charge in [-0.25, -0.2) is 4.98 Å². The number of nitro groups is 1. The first-order chi connectivity index (χ1) is 8.97. The van der Waals surface area contributed by atoms with E-state index in [4.69, 9.17) is 11.6 Å². The van der Waals surface area contributed by atoms with Crippen molar-refractivity contribution >= 4 is 34.4 Å². The Kier molecular flexibility index (Phi) is 3.96. The molecule has 8 heteroatoms. The van der Waals surface area contributed by atoms with E-state index in [1.165, 1.54) is 4.88 Å². The topological polar surface area (TPSA) is 81.0 Å². The zero-order valence-electron chi connectivity index (χ0n) is 10.3. The first-order valence-corrected chi connectivity index (χ1v) is 6.66. The van der Waals surface area contributed by atoms with E-state index in [2.05, 4.69) is 15.3 Å². The Labute approximate surface area is 118 Å². The van der Waals surface area contributed by atoms with E-state index in [0.717, 1.165) is 11.1 Å². The van der Waals surface area contributed by atoms with E-state index < -0.39 is 4.92 Å². The largest absolute Gasteiger partial charge is 0.357 e. The van der Waals surface area contributed by atoms with Crippen LogP contribution in [0.25, 0.3) is 0 Å². The van der Waals surface area contributed by atoms with Crippen LogP contribution in [0.5, 0.6) is 0 Å². The minimum absolute atomic E-state index is 0.0253. The van der Waals surface area contributed by atoms with Gasteiger partial charge in [0, 0.05) is 9.75 Å². The Morgan fingerprint density at radius 1 is 1.53 bits per heavy atom. The van der Waals surface area contributed by atoms with E-state index in [9.17, 15) is 10.1 Å². The maximum absolute atomic E-state index is 10.9. The summed E-state index contributed by atoms with van der Waals surface area (Å²) >= 11 is 7.30. The number of hydrogen-bond donors (Lipinski definition) is 1. The van der Waals surface area contributed by atoms with Gasteiger partial charge in [-0.15, -0.1) is 11.3 Å². The molecule has 0 aromatic carbocycles. The first-order valence-electron chi connectivity index (χ1n) is 5.47. The molecule has 0 aliphatic rings. The van der Waals surface area contributed by atoms with Crippen molar-refractivity contribution in [3.63, 3.8) is 0 Å². The predicted molar refractivity (Wildman–Crippen MR) is 74.8 cm³/mol. The normalized spacial score (nSPS) is 12.2. The average molecular weight is 299 g/mol. The third-order valence-electron chi connectivity index (χ3n) is 2.48. The summed E-state index contributed by atoms with van der Waals surface area (Å²) in [7, 11) is 0. The number of rotatable bonds is 4. The molecule has 2 aromatic rings. The molecule has 19 heavy (non-hydrogen) atoms. The van der Waals surface area contributed by atoms with Crippen LogP contribution in [0, 0.1) is 17.0 Å². The van der Waals surface area contributed by atoms with Crippen molar-refractivity contribution in [3.8, 4) is 0 Å². The van der Waals surface area contributed by atoms with Crippen LogP contribution in [-0.2, 0) is 0 Å². The molecule has 0 radical (unpaired) electrons. The van der Waals surface area contributed by atoms with Gasteiger partial charge >= 0.3 is 5.69 Å². The van der Waals surface area contributed by atoms with Gasteiger partial charge in [0.15, 0.2) is 0 Å². The van der Waals surface area contributed by atoms with Gasteiger partial charge in [-0.05, 0) is 37.6 Å². The lowest BCUT2D eigenvalue weighted by atomic mass is 10.2. The molecular weight excluding hydrogens is 288 g/mol. The minimum atomic E-state index is -0.537. The number of thiophene rings is 1. The Hall–Kier alpha value is -1.73. The zero-order valence-corrected chi connectivity index (χ0v) is 11.8. The number of aromatic nitrogens is 2. The summed E-state index contributed by atoms with van der Waals surface area (Å²) in [5.41, 5.74) is -0.190. The number of hydrogen-bond acceptors (Lipinski definition) is 6. The van der Waals surface area contributed by atoms with Gasteiger partial charge in [0.2, 0.25) is 11.1 Å². The standard InChI is InChI=1S/C11H11ClN4O2S/c1-6-3-4-9(19-6)7(2)14-10-8(16(17)18)5-13-11(12)15-10/h3-5,7H,1-2H3,(H,13,14,15). The van der Waals surface area contributed by atoms with Gasteiger partial charge in [0.25, 0.3) is 0 Å². The SMILES string of the molecule is Cc1ccc(C(C)Nc2nc(Cl)ncc2[N+](=O)[O-])s1. The van der Waals surface area contributed by atoms with Crippen LogP contribution < -0.4 is 5.32 Å². The summed E-state index contributed by atoms with van der Waals surface area (Å²) in [5.74, 6) is 0.128. The molecule has 1 atom stereocenters. The van der Waals surface area contributed by atoms with Crippen LogP contribution in [-0.4, -0.2) is 14.9 Å². The van der Waals surface area contributed by atoms with Crippen molar-refractivity contribution in [1.29, 1.82) is 0 Å². The van der Waals surface area contributed by atoms with Crippen molar-refractivity contribution in [2.45, 2.75) is 19.9 Å². The molecule has 2 aromatic heterocycles. The third-order valence-corrected chi connectivity index (χ3v) is 3.84. The van der Waals surface area contributed by atoms with Gasteiger partial charge in [-0.2, -0.15) is 4.98 Å². The predicted octanol–water partition coefficient (Wildman–Crippen LogP) is 3.58. The molecule has 1 unspecified atom stereocenters. The number of anilines is 1. The lowest BCUT2D eigenvalue weighted by Gasteiger charge is -2.12. The molecule has 2 rings (SSSR count). The molecule has 6 nitrogen and oxygen atoms in total. The van der Waals surface area contributed by atoms with Crippen LogP contribution in [0.15, 0.2) is 18.3 Å². The molecule has 1 N–H and O–H groups in total. The van der Waals surface area contributed by atoms with Crippen molar-refractivity contribution < 1.29 is 4.92 Å².